The highest BCUT2D eigenvalue weighted by Gasteiger charge is 1.79. The zero-order valence-corrected chi connectivity index (χ0v) is 6.55. The average Bonchev–Trinajstić information content (AvgIpc) is 1.91. The van der Waals surface area contributed by atoms with Crippen molar-refractivity contribution < 1.29 is 14.9 Å². The first-order chi connectivity index (χ1) is 4.83. The van der Waals surface area contributed by atoms with Gasteiger partial charge in [0.15, 0.2) is 0 Å². The third-order valence-electron chi connectivity index (χ3n) is 0.471. The molecule has 0 fully saturated rings. The van der Waals surface area contributed by atoms with Crippen LogP contribution in [0.3, 0.4) is 0 Å². The van der Waals surface area contributed by atoms with Crippen LogP contribution in [-0.4, -0.2) is 36.6 Å². The lowest BCUT2D eigenvalue weighted by molar-refractivity contribution is 0.0650. The van der Waals surface area contributed by atoms with Crippen molar-refractivity contribution in [2.45, 2.75) is 0 Å². The Morgan fingerprint density at radius 1 is 1.30 bits per heavy atom. The van der Waals surface area contributed by atoms with Crippen molar-refractivity contribution in [3.8, 4) is 0 Å². The van der Waals surface area contributed by atoms with E-state index in [9.17, 15) is 0 Å². The molecule has 0 rings (SSSR count). The van der Waals surface area contributed by atoms with E-state index in [0.717, 1.165) is 0 Å². The van der Waals surface area contributed by atoms with Crippen LogP contribution in [0.5, 0.6) is 0 Å². The maximum absolute atomic E-state index is 8.09. The van der Waals surface area contributed by atoms with Crippen molar-refractivity contribution in [3.05, 3.63) is 12.1 Å². The van der Waals surface area contributed by atoms with E-state index in [1.807, 2.05) is 0 Å². The molecule has 4 heteroatoms. The minimum Gasteiger partial charge on any atom is -0.394 e. The molecule has 0 bridgehead atoms. The van der Waals surface area contributed by atoms with Crippen LogP contribution in [0.2, 0.25) is 0 Å². The summed E-state index contributed by atoms with van der Waals surface area (Å²) < 4.78 is 4.63. The first kappa shape index (κ1) is 12.6. The summed E-state index contributed by atoms with van der Waals surface area (Å²) in [5.41, 5.74) is 1.22. The van der Waals surface area contributed by atoms with Crippen molar-refractivity contribution in [2.75, 3.05) is 26.4 Å². The van der Waals surface area contributed by atoms with Crippen LogP contribution in [-0.2, 0) is 4.74 Å². The summed E-state index contributed by atoms with van der Waals surface area (Å²) in [7, 11) is 0. The third kappa shape index (κ3) is 24.7. The van der Waals surface area contributed by atoms with Gasteiger partial charge in [0.1, 0.15) is 0 Å². The molecule has 3 nitrogen and oxygen atoms in total. The minimum atomic E-state index is 0.0278. The molecule has 10 heavy (non-hydrogen) atoms. The first-order valence-electron chi connectivity index (χ1n) is 2.84. The van der Waals surface area contributed by atoms with Gasteiger partial charge in [-0.15, -0.1) is 0 Å². The number of hydrogen-bond donors (Lipinski definition) is 2. The van der Waals surface area contributed by atoms with Gasteiger partial charge in [-0.1, -0.05) is 18.2 Å². The SMILES string of the molecule is C=CCl.OCCOCCO. The van der Waals surface area contributed by atoms with Gasteiger partial charge in [0, 0.05) is 0 Å². The number of aliphatic hydroxyl groups excluding tert-OH is 2. The molecular formula is C6H13ClO3. The van der Waals surface area contributed by atoms with Gasteiger partial charge in [-0.25, -0.2) is 0 Å². The third-order valence-corrected chi connectivity index (χ3v) is 0.471. The Hall–Kier alpha value is -0.0900. The van der Waals surface area contributed by atoms with Crippen LogP contribution in [0.1, 0.15) is 0 Å². The Morgan fingerprint density at radius 2 is 1.60 bits per heavy atom. The molecule has 0 amide bonds. The van der Waals surface area contributed by atoms with E-state index in [1.54, 1.807) is 0 Å². The van der Waals surface area contributed by atoms with Crippen molar-refractivity contribution in [3.63, 3.8) is 0 Å². The fourth-order valence-electron chi connectivity index (χ4n) is 0.231. The number of ether oxygens (including phenoxy) is 1. The largest absolute Gasteiger partial charge is 0.394 e. The number of rotatable bonds is 4. The van der Waals surface area contributed by atoms with E-state index in [0.29, 0.717) is 13.2 Å². The molecule has 0 aliphatic heterocycles. The van der Waals surface area contributed by atoms with Gasteiger partial charge in [0.05, 0.1) is 26.4 Å². The molecule has 0 aliphatic carbocycles. The minimum absolute atomic E-state index is 0.0278. The van der Waals surface area contributed by atoms with Crippen molar-refractivity contribution >= 4 is 11.6 Å². The lowest BCUT2D eigenvalue weighted by atomic mass is 10.7. The summed E-state index contributed by atoms with van der Waals surface area (Å²) in [6.07, 6.45) is 0. The molecule has 0 aromatic heterocycles. The molecule has 0 aromatic rings. The summed E-state index contributed by atoms with van der Waals surface area (Å²) in [4.78, 5) is 0. The Bertz CT molecular complexity index is 55.0. The number of hydrogen-bond acceptors (Lipinski definition) is 3. The fraction of sp³-hybridized carbons (Fsp3) is 0.667. The van der Waals surface area contributed by atoms with Gasteiger partial charge in [-0.05, 0) is 5.54 Å². The quantitative estimate of drug-likeness (QED) is 0.596. The predicted molar refractivity (Wildman–Crippen MR) is 41.0 cm³/mol. The average molecular weight is 169 g/mol. The summed E-state index contributed by atoms with van der Waals surface area (Å²) in [5, 5.41) is 16.2. The standard InChI is InChI=1S/C4H10O3.C2H3Cl/c5-1-3-7-4-2-6;1-2-3/h5-6H,1-4H2;2H,1H2. The highest BCUT2D eigenvalue weighted by atomic mass is 35.5. The molecule has 62 valence electrons. The van der Waals surface area contributed by atoms with Crippen molar-refractivity contribution in [1.29, 1.82) is 0 Å². The van der Waals surface area contributed by atoms with Gasteiger partial charge in [-0.3, -0.25) is 0 Å². The van der Waals surface area contributed by atoms with E-state index < -0.39 is 0 Å². The van der Waals surface area contributed by atoms with Crippen LogP contribution in [0, 0.1) is 0 Å². The highest BCUT2D eigenvalue weighted by molar-refractivity contribution is 6.25. The van der Waals surface area contributed by atoms with Crippen LogP contribution in [0.4, 0.5) is 0 Å². The van der Waals surface area contributed by atoms with Crippen LogP contribution < -0.4 is 0 Å². The van der Waals surface area contributed by atoms with Gasteiger partial charge >= 0.3 is 0 Å². The van der Waals surface area contributed by atoms with Gasteiger partial charge < -0.3 is 14.9 Å². The molecule has 0 atom stereocenters. The molecule has 0 unspecified atom stereocenters. The second-order valence-electron chi connectivity index (χ2n) is 1.21. The normalized spacial score (nSPS) is 7.90. The zero-order valence-electron chi connectivity index (χ0n) is 5.79. The summed E-state index contributed by atoms with van der Waals surface area (Å²) in [6.45, 7) is 3.82. The van der Waals surface area contributed by atoms with Gasteiger partial charge in [0.25, 0.3) is 0 Å². The molecule has 0 spiro atoms. The monoisotopic (exact) mass is 168 g/mol. The predicted octanol–water partition coefficient (Wildman–Crippen LogP) is 0.356. The van der Waals surface area contributed by atoms with E-state index in [1.165, 1.54) is 5.54 Å². The first-order valence-corrected chi connectivity index (χ1v) is 3.27. The van der Waals surface area contributed by atoms with Crippen LogP contribution >= 0.6 is 11.6 Å². The smallest absolute Gasteiger partial charge is 0.0698 e. The molecule has 2 N–H and O–H groups in total. The van der Waals surface area contributed by atoms with E-state index >= 15 is 0 Å². The Kier molecular flexibility index (Phi) is 20.1. The van der Waals surface area contributed by atoms with Gasteiger partial charge in [-0.2, -0.15) is 0 Å². The summed E-state index contributed by atoms with van der Waals surface area (Å²) >= 11 is 4.76. The van der Waals surface area contributed by atoms with E-state index in [-0.39, 0.29) is 13.2 Å². The van der Waals surface area contributed by atoms with E-state index in [4.69, 9.17) is 21.8 Å². The Morgan fingerprint density at radius 3 is 1.80 bits per heavy atom. The molecule has 0 heterocycles. The lowest BCUT2D eigenvalue weighted by Crippen LogP contribution is -2.03. The van der Waals surface area contributed by atoms with Crippen LogP contribution in [0.25, 0.3) is 0 Å². The fourth-order valence-corrected chi connectivity index (χ4v) is 0.231. The van der Waals surface area contributed by atoms with Crippen LogP contribution in [0.15, 0.2) is 12.1 Å². The number of halogens is 1. The maximum Gasteiger partial charge on any atom is 0.0698 e. The van der Waals surface area contributed by atoms with Crippen molar-refractivity contribution in [1.82, 2.24) is 0 Å². The Labute approximate surface area is 65.9 Å². The molecule has 0 saturated carbocycles. The lowest BCUT2D eigenvalue weighted by Gasteiger charge is -1.94. The van der Waals surface area contributed by atoms with Gasteiger partial charge in [0.2, 0.25) is 0 Å². The second-order valence-corrected chi connectivity index (χ2v) is 1.52. The Balaban J connectivity index is 0. The van der Waals surface area contributed by atoms with E-state index in [2.05, 4.69) is 11.3 Å². The molecule has 0 aliphatic rings. The topological polar surface area (TPSA) is 49.7 Å². The highest BCUT2D eigenvalue weighted by Crippen LogP contribution is 1.68. The molecule has 0 aromatic carbocycles. The number of aliphatic hydroxyl groups is 2. The summed E-state index contributed by atoms with van der Waals surface area (Å²) in [6, 6.07) is 0. The zero-order chi connectivity index (χ0) is 8.24. The maximum atomic E-state index is 8.09. The van der Waals surface area contributed by atoms with Crippen molar-refractivity contribution in [2.24, 2.45) is 0 Å². The molecular weight excluding hydrogens is 156 g/mol. The molecule has 0 radical (unpaired) electrons. The molecule has 0 saturated heterocycles. The second kappa shape index (κ2) is 16.0. The summed E-state index contributed by atoms with van der Waals surface area (Å²) in [5.74, 6) is 0.